The molecule has 0 fully saturated rings. The first-order valence-electron chi connectivity index (χ1n) is 13.8. The summed E-state index contributed by atoms with van der Waals surface area (Å²) in [6.45, 7) is 25.4. The number of hydrogen-bond donors (Lipinski definition) is 0. The highest BCUT2D eigenvalue weighted by molar-refractivity contribution is 5.75. The average Bonchev–Trinajstić information content (AvgIpc) is 2.86. The van der Waals surface area contributed by atoms with Gasteiger partial charge < -0.3 is 9.64 Å². The number of benzene rings is 2. The molecule has 0 unspecified atom stereocenters. The summed E-state index contributed by atoms with van der Waals surface area (Å²) in [7, 11) is 0. The molecule has 0 aromatic heterocycles. The minimum Gasteiger partial charge on any atom is -0.457 e. The summed E-state index contributed by atoms with van der Waals surface area (Å²) in [5, 5.41) is 9.63. The molecule has 4 heteroatoms. The number of nitrogens with zero attached hydrogens (tertiary/aromatic N) is 3. The Morgan fingerprint density at radius 3 is 2.08 bits per heavy atom. The van der Waals surface area contributed by atoms with Gasteiger partial charge in [-0.1, -0.05) is 51.5 Å². The molecule has 0 bridgehead atoms. The second-order valence-corrected chi connectivity index (χ2v) is 12.5. The van der Waals surface area contributed by atoms with Crippen molar-refractivity contribution >= 4 is 17.5 Å². The summed E-state index contributed by atoms with van der Waals surface area (Å²) in [5.74, 6) is 1.28. The molecule has 0 atom stereocenters. The Bertz CT molecular complexity index is 1500. The molecular weight excluding hydrogens is 478 g/mol. The zero-order valence-corrected chi connectivity index (χ0v) is 24.2. The van der Waals surface area contributed by atoms with Gasteiger partial charge in [0.25, 0.3) is 5.70 Å². The van der Waals surface area contributed by atoms with E-state index >= 15 is 0 Å². The van der Waals surface area contributed by atoms with E-state index in [1.54, 1.807) is 6.08 Å². The second kappa shape index (κ2) is 9.62. The number of anilines is 1. The summed E-state index contributed by atoms with van der Waals surface area (Å²) in [6.07, 6.45) is 10.00. The maximum atomic E-state index is 9.63. The Kier molecular flexibility index (Phi) is 6.56. The van der Waals surface area contributed by atoms with Gasteiger partial charge in [0.05, 0.1) is 12.6 Å². The van der Waals surface area contributed by atoms with Gasteiger partial charge >= 0.3 is 0 Å². The summed E-state index contributed by atoms with van der Waals surface area (Å²) < 4.78 is 6.43. The molecule has 4 nitrogen and oxygen atoms in total. The normalized spacial score (nSPS) is 20.3. The lowest BCUT2D eigenvalue weighted by atomic mass is 9.69. The standard InChI is InChI=1S/C35H37N3O/c1-22-15-23(2)32(24(3)16-22)31-20-26(30(21-36)37-8)19-27(39-31)10-9-25-17-28-33-29(18-25)35(6,7)12-14-38(33)13-11-34(28,4)5/h9-10,15-20H,11-14H2,1-7H3/b10-9+,30-26-. The Hall–Kier alpha value is -4.02. The van der Waals surface area contributed by atoms with E-state index in [1.165, 1.54) is 22.4 Å². The molecule has 5 rings (SSSR count). The van der Waals surface area contributed by atoms with Gasteiger partial charge in [-0.3, -0.25) is 0 Å². The Labute approximate surface area is 233 Å². The van der Waals surface area contributed by atoms with E-state index in [2.05, 4.69) is 94.6 Å². The Balaban J connectivity index is 1.59. The van der Waals surface area contributed by atoms with E-state index in [1.807, 2.05) is 12.2 Å². The first-order valence-corrected chi connectivity index (χ1v) is 13.8. The summed E-state index contributed by atoms with van der Waals surface area (Å²) in [6, 6.07) is 11.0. The molecule has 2 aromatic rings. The van der Waals surface area contributed by atoms with E-state index in [9.17, 15) is 5.26 Å². The van der Waals surface area contributed by atoms with Gasteiger partial charge in [-0.15, -0.1) is 0 Å². The van der Waals surface area contributed by atoms with Crippen molar-refractivity contribution in [2.24, 2.45) is 0 Å². The monoisotopic (exact) mass is 515 g/mol. The minimum absolute atomic E-state index is 0.0610. The largest absolute Gasteiger partial charge is 0.457 e. The van der Waals surface area contributed by atoms with Crippen LogP contribution in [0.1, 0.15) is 79.5 Å². The van der Waals surface area contributed by atoms with Gasteiger partial charge in [0.1, 0.15) is 11.5 Å². The summed E-state index contributed by atoms with van der Waals surface area (Å²) in [4.78, 5) is 6.06. The number of rotatable bonds is 3. The Morgan fingerprint density at radius 2 is 1.54 bits per heavy atom. The minimum atomic E-state index is 0.0610. The topological polar surface area (TPSA) is 40.6 Å². The van der Waals surface area contributed by atoms with Crippen molar-refractivity contribution < 1.29 is 4.74 Å². The van der Waals surface area contributed by atoms with Gasteiger partial charge in [-0.25, -0.2) is 10.1 Å². The summed E-state index contributed by atoms with van der Waals surface area (Å²) >= 11 is 0. The molecule has 0 aliphatic carbocycles. The van der Waals surface area contributed by atoms with Gasteiger partial charge in [-0.2, -0.15) is 0 Å². The molecule has 0 radical (unpaired) electrons. The fraction of sp³-hybridized carbons (Fsp3) is 0.371. The van der Waals surface area contributed by atoms with Crippen molar-refractivity contribution in [3.63, 3.8) is 0 Å². The molecule has 3 heterocycles. The third kappa shape index (κ3) is 4.81. The molecule has 0 amide bonds. The fourth-order valence-electron chi connectivity index (χ4n) is 6.32. The molecular formula is C35H37N3O. The molecule has 198 valence electrons. The molecule has 0 saturated heterocycles. The van der Waals surface area contributed by atoms with Crippen LogP contribution in [0.5, 0.6) is 0 Å². The van der Waals surface area contributed by atoms with Gasteiger partial charge in [0.2, 0.25) is 0 Å². The van der Waals surface area contributed by atoms with Crippen LogP contribution in [0, 0.1) is 38.7 Å². The van der Waals surface area contributed by atoms with Crippen molar-refractivity contribution in [1.82, 2.24) is 0 Å². The molecule has 39 heavy (non-hydrogen) atoms. The van der Waals surface area contributed by atoms with E-state index in [4.69, 9.17) is 11.3 Å². The van der Waals surface area contributed by atoms with Crippen LogP contribution in [-0.4, -0.2) is 13.1 Å². The van der Waals surface area contributed by atoms with Crippen LogP contribution in [-0.2, 0) is 15.6 Å². The average molecular weight is 516 g/mol. The van der Waals surface area contributed by atoms with E-state index in [0.29, 0.717) is 17.1 Å². The predicted molar refractivity (Wildman–Crippen MR) is 160 cm³/mol. The SMILES string of the molecule is [C-]#[N+]/C(C#N)=C1C=C(/C=C/c2cc3c4c(c2)C(C)(C)CCN4CCC3(C)C)OC(c2c(C)cc(C)cc2C)=C/1. The van der Waals surface area contributed by atoms with Crippen LogP contribution in [0.2, 0.25) is 0 Å². The van der Waals surface area contributed by atoms with Crippen LogP contribution < -0.4 is 4.90 Å². The molecule has 0 N–H and O–H groups in total. The molecule has 3 aliphatic rings. The molecule has 0 saturated carbocycles. The predicted octanol–water partition coefficient (Wildman–Crippen LogP) is 8.45. The highest BCUT2D eigenvalue weighted by Gasteiger charge is 2.39. The number of aryl methyl sites for hydroxylation is 3. The highest BCUT2D eigenvalue weighted by atomic mass is 16.5. The van der Waals surface area contributed by atoms with Crippen molar-refractivity contribution in [2.45, 2.75) is 72.1 Å². The number of ether oxygens (including phenoxy) is 1. The lowest BCUT2D eigenvalue weighted by molar-refractivity contribution is 0.396. The lowest BCUT2D eigenvalue weighted by Gasteiger charge is -2.48. The third-order valence-corrected chi connectivity index (χ3v) is 8.59. The molecule has 3 aliphatic heterocycles. The number of hydrogen-bond acceptors (Lipinski definition) is 3. The quantitative estimate of drug-likeness (QED) is 0.304. The van der Waals surface area contributed by atoms with Crippen LogP contribution in [0.4, 0.5) is 5.69 Å². The van der Waals surface area contributed by atoms with Gasteiger partial charge in [0, 0.05) is 24.3 Å². The van der Waals surface area contributed by atoms with Crippen LogP contribution >= 0.6 is 0 Å². The number of allylic oxidation sites excluding steroid dienone is 5. The fourth-order valence-corrected chi connectivity index (χ4v) is 6.32. The van der Waals surface area contributed by atoms with Crippen LogP contribution in [0.15, 0.2) is 59.5 Å². The first-order chi connectivity index (χ1) is 18.4. The molecule has 2 aromatic carbocycles. The van der Waals surface area contributed by atoms with E-state index < -0.39 is 0 Å². The summed E-state index contributed by atoms with van der Waals surface area (Å²) in [5.41, 5.74) is 10.7. The van der Waals surface area contributed by atoms with Crippen LogP contribution in [0.3, 0.4) is 0 Å². The first kappa shape index (κ1) is 26.6. The maximum Gasteiger partial charge on any atom is 0.269 e. The van der Waals surface area contributed by atoms with Gasteiger partial charge in [0.15, 0.2) is 0 Å². The van der Waals surface area contributed by atoms with Crippen molar-refractivity contribution in [1.29, 1.82) is 5.26 Å². The van der Waals surface area contributed by atoms with Crippen LogP contribution in [0.25, 0.3) is 16.7 Å². The van der Waals surface area contributed by atoms with Gasteiger partial charge in [-0.05, 0) is 108 Å². The maximum absolute atomic E-state index is 9.63. The van der Waals surface area contributed by atoms with E-state index in [0.717, 1.165) is 48.2 Å². The number of nitriles is 1. The van der Waals surface area contributed by atoms with E-state index in [-0.39, 0.29) is 16.5 Å². The Morgan fingerprint density at radius 1 is 0.949 bits per heavy atom. The zero-order chi connectivity index (χ0) is 28.1. The smallest absolute Gasteiger partial charge is 0.269 e. The molecule has 0 spiro atoms. The lowest BCUT2D eigenvalue weighted by Crippen LogP contribution is -2.44. The third-order valence-electron chi connectivity index (χ3n) is 8.59. The van der Waals surface area contributed by atoms with Crippen molar-refractivity contribution in [2.75, 3.05) is 18.0 Å². The highest BCUT2D eigenvalue weighted by Crippen LogP contribution is 2.49. The van der Waals surface area contributed by atoms with Crippen molar-refractivity contribution in [3.8, 4) is 6.07 Å². The van der Waals surface area contributed by atoms with Crippen molar-refractivity contribution in [3.05, 3.63) is 110 Å². The second-order valence-electron chi connectivity index (χ2n) is 12.5. The zero-order valence-electron chi connectivity index (χ0n) is 24.2.